The van der Waals surface area contributed by atoms with Gasteiger partial charge < -0.3 is 5.73 Å². The molecule has 0 radical (unpaired) electrons. The van der Waals surface area contributed by atoms with Gasteiger partial charge in [-0.05, 0) is 23.8 Å². The van der Waals surface area contributed by atoms with Crippen molar-refractivity contribution in [2.45, 2.75) is 18.0 Å². The zero-order valence-corrected chi connectivity index (χ0v) is 11.2. The minimum atomic E-state index is -3.46. The molecule has 0 aromatic carbocycles. The molecule has 18 heavy (non-hydrogen) atoms. The van der Waals surface area contributed by atoms with Crippen molar-refractivity contribution < 1.29 is 8.42 Å². The first-order chi connectivity index (χ1) is 8.62. The number of aromatic nitrogens is 1. The minimum absolute atomic E-state index is 0.249. The van der Waals surface area contributed by atoms with Gasteiger partial charge in [-0.3, -0.25) is 4.98 Å². The molecule has 0 bridgehead atoms. The van der Waals surface area contributed by atoms with E-state index in [-0.39, 0.29) is 11.4 Å². The number of nitrogens with one attached hydrogen (secondary N) is 1. The summed E-state index contributed by atoms with van der Waals surface area (Å²) in [5.74, 6) is 0. The monoisotopic (exact) mass is 283 g/mol. The Bertz CT molecular complexity index is 608. The average Bonchev–Trinajstić information content (AvgIpc) is 2.87. The number of rotatable bonds is 5. The minimum Gasteiger partial charge on any atom is -0.326 e. The number of hydrogen-bond acceptors (Lipinski definition) is 5. The molecule has 5 nitrogen and oxygen atoms in total. The van der Waals surface area contributed by atoms with Gasteiger partial charge >= 0.3 is 0 Å². The lowest BCUT2D eigenvalue weighted by atomic mass is 10.3. The summed E-state index contributed by atoms with van der Waals surface area (Å²) in [5.41, 5.74) is 6.32. The molecule has 0 unspecified atom stereocenters. The SMILES string of the molecule is NCc1cc(S(=O)(=O)NCc2ccncc2)cs1. The molecule has 0 spiro atoms. The third kappa shape index (κ3) is 3.14. The summed E-state index contributed by atoms with van der Waals surface area (Å²) in [6.45, 7) is 0.600. The predicted molar refractivity (Wildman–Crippen MR) is 70.5 cm³/mol. The molecule has 96 valence electrons. The van der Waals surface area contributed by atoms with E-state index in [0.29, 0.717) is 6.54 Å². The van der Waals surface area contributed by atoms with Crippen molar-refractivity contribution in [3.63, 3.8) is 0 Å². The van der Waals surface area contributed by atoms with Crippen LogP contribution in [0.3, 0.4) is 0 Å². The summed E-state index contributed by atoms with van der Waals surface area (Å²) in [4.78, 5) is 4.99. The second-order valence-corrected chi connectivity index (χ2v) is 6.40. The van der Waals surface area contributed by atoms with Gasteiger partial charge in [0.1, 0.15) is 0 Å². The molecule has 3 N–H and O–H groups in total. The first kappa shape index (κ1) is 13.2. The molecule has 0 saturated carbocycles. The quantitative estimate of drug-likeness (QED) is 0.860. The van der Waals surface area contributed by atoms with Crippen LogP contribution in [0.15, 0.2) is 40.9 Å². The Labute approximate surface area is 110 Å². The number of pyridine rings is 1. The van der Waals surface area contributed by atoms with Crippen molar-refractivity contribution in [3.05, 3.63) is 46.4 Å². The van der Waals surface area contributed by atoms with Gasteiger partial charge in [0, 0.05) is 35.7 Å². The Morgan fingerprint density at radius 3 is 2.67 bits per heavy atom. The highest BCUT2D eigenvalue weighted by Crippen LogP contribution is 2.18. The molecule has 2 heterocycles. The van der Waals surface area contributed by atoms with Crippen LogP contribution in [0.4, 0.5) is 0 Å². The van der Waals surface area contributed by atoms with Crippen LogP contribution in [0.5, 0.6) is 0 Å². The van der Waals surface area contributed by atoms with Gasteiger partial charge in [-0.25, -0.2) is 13.1 Å². The van der Waals surface area contributed by atoms with Crippen LogP contribution in [-0.4, -0.2) is 13.4 Å². The first-order valence-electron chi connectivity index (χ1n) is 5.28. The van der Waals surface area contributed by atoms with Gasteiger partial charge in [-0.15, -0.1) is 11.3 Å². The van der Waals surface area contributed by atoms with Gasteiger partial charge in [0.05, 0.1) is 4.90 Å². The van der Waals surface area contributed by atoms with Crippen LogP contribution < -0.4 is 10.5 Å². The van der Waals surface area contributed by atoms with Crippen LogP contribution in [0.2, 0.25) is 0 Å². The molecule has 2 aromatic rings. The highest BCUT2D eigenvalue weighted by molar-refractivity contribution is 7.89. The van der Waals surface area contributed by atoms with Gasteiger partial charge in [0.15, 0.2) is 0 Å². The van der Waals surface area contributed by atoms with Crippen LogP contribution in [0.1, 0.15) is 10.4 Å². The van der Waals surface area contributed by atoms with E-state index in [1.807, 2.05) is 0 Å². The molecule has 2 aromatic heterocycles. The van der Waals surface area contributed by atoms with E-state index in [2.05, 4.69) is 9.71 Å². The molecular weight excluding hydrogens is 270 g/mol. The summed E-state index contributed by atoms with van der Waals surface area (Å²) in [5, 5.41) is 1.59. The Hall–Kier alpha value is -1.28. The van der Waals surface area contributed by atoms with Gasteiger partial charge in [0.25, 0.3) is 0 Å². The van der Waals surface area contributed by atoms with Gasteiger partial charge in [0.2, 0.25) is 10.0 Å². The number of hydrogen-bond donors (Lipinski definition) is 2. The molecule has 2 rings (SSSR count). The second-order valence-electron chi connectivity index (χ2n) is 3.63. The predicted octanol–water partition coefficient (Wildman–Crippen LogP) is 1.08. The molecule has 0 aliphatic heterocycles. The van der Waals surface area contributed by atoms with E-state index >= 15 is 0 Å². The second kappa shape index (κ2) is 5.57. The summed E-state index contributed by atoms with van der Waals surface area (Å²) in [6, 6.07) is 5.13. The Balaban J connectivity index is 2.08. The topological polar surface area (TPSA) is 85.1 Å². The summed E-state index contributed by atoms with van der Waals surface area (Å²) in [7, 11) is -3.46. The molecule has 0 saturated heterocycles. The third-order valence-corrected chi connectivity index (χ3v) is 4.85. The van der Waals surface area contributed by atoms with Crippen molar-refractivity contribution in [3.8, 4) is 0 Å². The molecule has 0 fully saturated rings. The molecule has 0 amide bonds. The van der Waals surface area contributed by atoms with Gasteiger partial charge in [-0.2, -0.15) is 0 Å². The fraction of sp³-hybridized carbons (Fsp3) is 0.182. The lowest BCUT2D eigenvalue weighted by molar-refractivity contribution is 0.581. The Kier molecular flexibility index (Phi) is 4.07. The van der Waals surface area contributed by atoms with E-state index in [9.17, 15) is 8.42 Å². The van der Waals surface area contributed by atoms with Crippen molar-refractivity contribution in [2.75, 3.05) is 0 Å². The van der Waals surface area contributed by atoms with Crippen molar-refractivity contribution in [2.24, 2.45) is 5.73 Å². The van der Waals surface area contributed by atoms with Crippen LogP contribution >= 0.6 is 11.3 Å². The Morgan fingerprint density at radius 1 is 1.33 bits per heavy atom. The normalized spacial score (nSPS) is 11.6. The lowest BCUT2D eigenvalue weighted by Crippen LogP contribution is -2.22. The standard InChI is InChI=1S/C11H13N3O2S2/c12-6-10-5-11(8-17-10)18(15,16)14-7-9-1-3-13-4-2-9/h1-5,8,14H,6-7,12H2. The van der Waals surface area contributed by atoms with Crippen molar-refractivity contribution >= 4 is 21.4 Å². The fourth-order valence-electron chi connectivity index (χ4n) is 1.37. The lowest BCUT2D eigenvalue weighted by Gasteiger charge is -2.04. The summed E-state index contributed by atoms with van der Waals surface area (Å²) in [6.07, 6.45) is 3.25. The van der Waals surface area contributed by atoms with E-state index in [1.165, 1.54) is 11.3 Å². The highest BCUT2D eigenvalue weighted by Gasteiger charge is 2.15. The fourth-order valence-corrected chi connectivity index (χ4v) is 3.54. The highest BCUT2D eigenvalue weighted by atomic mass is 32.2. The zero-order chi connectivity index (χ0) is 13.0. The summed E-state index contributed by atoms with van der Waals surface area (Å²) < 4.78 is 26.5. The van der Waals surface area contributed by atoms with Crippen molar-refractivity contribution in [1.82, 2.24) is 9.71 Å². The average molecular weight is 283 g/mol. The van der Waals surface area contributed by atoms with E-state index < -0.39 is 10.0 Å². The number of sulfonamides is 1. The van der Waals surface area contributed by atoms with Crippen LogP contribution in [0, 0.1) is 0 Å². The molecular formula is C11H13N3O2S2. The van der Waals surface area contributed by atoms with Gasteiger partial charge in [-0.1, -0.05) is 0 Å². The maximum atomic E-state index is 12.0. The Morgan fingerprint density at radius 2 is 2.06 bits per heavy atom. The zero-order valence-electron chi connectivity index (χ0n) is 9.54. The molecule has 0 aliphatic carbocycles. The number of nitrogens with two attached hydrogens (primary N) is 1. The van der Waals surface area contributed by atoms with E-state index in [0.717, 1.165) is 10.4 Å². The number of thiophene rings is 1. The molecule has 7 heteroatoms. The summed E-state index contributed by atoms with van der Waals surface area (Å²) >= 11 is 1.34. The first-order valence-corrected chi connectivity index (χ1v) is 7.64. The van der Waals surface area contributed by atoms with Crippen molar-refractivity contribution in [1.29, 1.82) is 0 Å². The largest absolute Gasteiger partial charge is 0.326 e. The smallest absolute Gasteiger partial charge is 0.241 e. The molecule has 0 atom stereocenters. The maximum absolute atomic E-state index is 12.0. The van der Waals surface area contributed by atoms with E-state index in [1.54, 1.807) is 36.0 Å². The van der Waals surface area contributed by atoms with E-state index in [4.69, 9.17) is 5.73 Å². The number of nitrogens with zero attached hydrogens (tertiary/aromatic N) is 1. The molecule has 0 aliphatic rings. The van der Waals surface area contributed by atoms with Crippen LogP contribution in [0.25, 0.3) is 0 Å². The third-order valence-electron chi connectivity index (χ3n) is 2.36. The van der Waals surface area contributed by atoms with Crippen LogP contribution in [-0.2, 0) is 23.1 Å². The maximum Gasteiger partial charge on any atom is 0.241 e.